The molecule has 0 saturated heterocycles. The van der Waals surface area contributed by atoms with Crippen LogP contribution in [0.1, 0.15) is 13.3 Å². The van der Waals surface area contributed by atoms with E-state index in [1.54, 1.807) is 0 Å². The molecule has 0 saturated carbocycles. The zero-order valence-corrected chi connectivity index (χ0v) is 15.7. The SMILES string of the molecule is C/C=C\C/C=C/[Si](c1ccccc1)(c1ccccc1)c1ccccc1. The molecule has 0 atom stereocenters. The molecule has 3 aromatic rings. The highest BCUT2D eigenvalue weighted by Gasteiger charge is 2.36. The molecular formula is C24H24Si. The normalized spacial score (nSPS) is 12.0. The van der Waals surface area contributed by atoms with Crippen LogP contribution in [0.4, 0.5) is 0 Å². The average Bonchev–Trinajstić information content (AvgIpc) is 2.70. The van der Waals surface area contributed by atoms with Crippen LogP contribution in [0.15, 0.2) is 115 Å². The summed E-state index contributed by atoms with van der Waals surface area (Å²) in [5.74, 6) is 0. The van der Waals surface area contributed by atoms with Crippen molar-refractivity contribution >= 4 is 23.6 Å². The minimum atomic E-state index is -2.19. The second-order valence-electron chi connectivity index (χ2n) is 6.11. The Kier molecular flexibility index (Phi) is 5.81. The quantitative estimate of drug-likeness (QED) is 0.358. The standard InChI is InChI=1S/C24H24Si/c1-2-3-4-14-21-25(22-15-8-5-9-16-22,23-17-10-6-11-18-23)24-19-12-7-13-20-24/h2-3,5-21H,4H2,1H3/b3-2-,21-14+. The topological polar surface area (TPSA) is 0 Å². The maximum Gasteiger partial charge on any atom is 0.172 e. The van der Waals surface area contributed by atoms with Crippen molar-refractivity contribution in [2.45, 2.75) is 13.3 Å². The molecule has 0 radical (unpaired) electrons. The molecule has 0 amide bonds. The first-order valence-electron chi connectivity index (χ1n) is 8.83. The predicted molar refractivity (Wildman–Crippen MR) is 113 cm³/mol. The van der Waals surface area contributed by atoms with Crippen LogP contribution in [0.3, 0.4) is 0 Å². The Balaban J connectivity index is 2.26. The lowest BCUT2D eigenvalue weighted by Gasteiger charge is -2.30. The van der Waals surface area contributed by atoms with Crippen LogP contribution >= 0.6 is 0 Å². The average molecular weight is 341 g/mol. The summed E-state index contributed by atoms with van der Waals surface area (Å²) in [5.41, 5.74) is 2.49. The van der Waals surface area contributed by atoms with Crippen molar-refractivity contribution in [1.29, 1.82) is 0 Å². The van der Waals surface area contributed by atoms with Gasteiger partial charge in [0.05, 0.1) is 0 Å². The van der Waals surface area contributed by atoms with E-state index in [1.165, 1.54) is 15.6 Å². The minimum absolute atomic E-state index is 0.970. The number of allylic oxidation sites excluding steroid dienone is 3. The fraction of sp³-hybridized carbons (Fsp3) is 0.0833. The first kappa shape index (κ1) is 17.2. The Hall–Kier alpha value is -2.64. The third kappa shape index (κ3) is 3.72. The Morgan fingerprint density at radius 1 is 0.600 bits per heavy atom. The minimum Gasteiger partial charge on any atom is -0.0914 e. The summed E-state index contributed by atoms with van der Waals surface area (Å²) in [7, 11) is -2.19. The van der Waals surface area contributed by atoms with Gasteiger partial charge in [0.2, 0.25) is 0 Å². The molecule has 3 rings (SSSR count). The van der Waals surface area contributed by atoms with Gasteiger partial charge < -0.3 is 0 Å². The molecule has 0 aliphatic heterocycles. The zero-order valence-electron chi connectivity index (χ0n) is 14.7. The number of hydrogen-bond donors (Lipinski definition) is 0. The van der Waals surface area contributed by atoms with E-state index in [0.29, 0.717) is 0 Å². The molecule has 0 spiro atoms. The molecule has 0 heterocycles. The lowest BCUT2D eigenvalue weighted by atomic mass is 10.3. The highest BCUT2D eigenvalue weighted by molar-refractivity contribution is 7.14. The van der Waals surface area contributed by atoms with Gasteiger partial charge in [-0.25, -0.2) is 0 Å². The van der Waals surface area contributed by atoms with Gasteiger partial charge in [0, 0.05) is 0 Å². The van der Waals surface area contributed by atoms with Gasteiger partial charge in [-0.15, -0.1) is 0 Å². The fourth-order valence-corrected chi connectivity index (χ4v) is 7.57. The van der Waals surface area contributed by atoms with E-state index < -0.39 is 8.07 Å². The molecule has 0 N–H and O–H groups in total. The smallest absolute Gasteiger partial charge is 0.0914 e. The molecule has 0 bridgehead atoms. The van der Waals surface area contributed by atoms with Crippen LogP contribution in [0, 0.1) is 0 Å². The van der Waals surface area contributed by atoms with Crippen molar-refractivity contribution in [2.75, 3.05) is 0 Å². The predicted octanol–water partition coefficient (Wildman–Crippen LogP) is 4.22. The molecular weight excluding hydrogens is 316 g/mol. The highest BCUT2D eigenvalue weighted by Crippen LogP contribution is 2.10. The van der Waals surface area contributed by atoms with Crippen molar-refractivity contribution < 1.29 is 0 Å². The van der Waals surface area contributed by atoms with Crippen molar-refractivity contribution in [3.8, 4) is 0 Å². The largest absolute Gasteiger partial charge is 0.172 e. The van der Waals surface area contributed by atoms with Crippen LogP contribution in [0.25, 0.3) is 0 Å². The summed E-state index contributed by atoms with van der Waals surface area (Å²) in [5, 5.41) is 4.26. The van der Waals surface area contributed by atoms with Crippen LogP contribution in [0.2, 0.25) is 0 Å². The van der Waals surface area contributed by atoms with Gasteiger partial charge in [-0.1, -0.05) is 115 Å². The maximum atomic E-state index is 2.49. The molecule has 124 valence electrons. The summed E-state index contributed by atoms with van der Waals surface area (Å²) < 4.78 is 0. The molecule has 0 aliphatic rings. The lowest BCUT2D eigenvalue weighted by molar-refractivity contribution is 1.38. The molecule has 0 fully saturated rings. The molecule has 0 aliphatic carbocycles. The summed E-state index contributed by atoms with van der Waals surface area (Å²) in [6.45, 7) is 2.07. The molecule has 0 nitrogen and oxygen atoms in total. The number of hydrogen-bond acceptors (Lipinski definition) is 0. The molecule has 0 aromatic heterocycles. The van der Waals surface area contributed by atoms with Crippen molar-refractivity contribution in [3.05, 3.63) is 115 Å². The first-order chi connectivity index (χ1) is 12.4. The van der Waals surface area contributed by atoms with E-state index >= 15 is 0 Å². The van der Waals surface area contributed by atoms with Gasteiger partial charge in [0.25, 0.3) is 0 Å². The second-order valence-corrected chi connectivity index (χ2v) is 9.79. The Labute approximate surface area is 152 Å². The third-order valence-corrected chi connectivity index (χ3v) is 9.03. The second kappa shape index (κ2) is 8.45. The number of rotatable bonds is 6. The monoisotopic (exact) mass is 340 g/mol. The van der Waals surface area contributed by atoms with Gasteiger partial charge in [-0.05, 0) is 28.9 Å². The summed E-state index contributed by atoms with van der Waals surface area (Å²) in [6.07, 6.45) is 7.62. The molecule has 25 heavy (non-hydrogen) atoms. The Morgan fingerprint density at radius 2 is 1.00 bits per heavy atom. The van der Waals surface area contributed by atoms with Crippen molar-refractivity contribution in [2.24, 2.45) is 0 Å². The van der Waals surface area contributed by atoms with E-state index in [9.17, 15) is 0 Å². The van der Waals surface area contributed by atoms with E-state index in [0.717, 1.165) is 6.42 Å². The summed E-state index contributed by atoms with van der Waals surface area (Å²) in [6, 6.07) is 32.9. The maximum absolute atomic E-state index is 2.49. The lowest BCUT2D eigenvalue weighted by Crippen LogP contribution is -2.66. The van der Waals surface area contributed by atoms with E-state index in [4.69, 9.17) is 0 Å². The van der Waals surface area contributed by atoms with Crippen LogP contribution in [-0.4, -0.2) is 8.07 Å². The van der Waals surface area contributed by atoms with Crippen molar-refractivity contribution in [3.63, 3.8) is 0 Å². The van der Waals surface area contributed by atoms with Gasteiger partial charge in [-0.3, -0.25) is 0 Å². The fourth-order valence-electron chi connectivity index (χ4n) is 3.35. The van der Waals surface area contributed by atoms with Crippen LogP contribution in [-0.2, 0) is 0 Å². The van der Waals surface area contributed by atoms with Gasteiger partial charge in [0.15, 0.2) is 8.07 Å². The van der Waals surface area contributed by atoms with Crippen LogP contribution < -0.4 is 15.6 Å². The van der Waals surface area contributed by atoms with E-state index in [2.05, 4.69) is 122 Å². The summed E-state index contributed by atoms with van der Waals surface area (Å²) >= 11 is 0. The van der Waals surface area contributed by atoms with Gasteiger partial charge in [0.1, 0.15) is 0 Å². The van der Waals surface area contributed by atoms with Crippen LogP contribution in [0.5, 0.6) is 0 Å². The molecule has 1 heteroatoms. The zero-order chi connectivity index (χ0) is 17.4. The van der Waals surface area contributed by atoms with E-state index in [1.807, 2.05) is 0 Å². The first-order valence-corrected chi connectivity index (χ1v) is 10.9. The van der Waals surface area contributed by atoms with Gasteiger partial charge >= 0.3 is 0 Å². The number of benzene rings is 3. The van der Waals surface area contributed by atoms with E-state index in [-0.39, 0.29) is 0 Å². The summed E-state index contributed by atoms with van der Waals surface area (Å²) in [4.78, 5) is 0. The highest BCUT2D eigenvalue weighted by atomic mass is 28.3. The Bertz CT molecular complexity index is 721. The van der Waals surface area contributed by atoms with Crippen molar-refractivity contribution in [1.82, 2.24) is 0 Å². The van der Waals surface area contributed by atoms with Gasteiger partial charge in [-0.2, -0.15) is 0 Å². The Morgan fingerprint density at radius 3 is 1.36 bits per heavy atom. The molecule has 3 aromatic carbocycles. The molecule has 0 unspecified atom stereocenters. The third-order valence-electron chi connectivity index (χ3n) is 4.56.